The molecule has 1 saturated carbocycles. The van der Waals surface area contributed by atoms with Crippen molar-refractivity contribution in [2.75, 3.05) is 32.8 Å². The van der Waals surface area contributed by atoms with Gasteiger partial charge >= 0.3 is 0 Å². The molecule has 2 aliphatic rings. The van der Waals surface area contributed by atoms with Gasteiger partial charge in [-0.15, -0.1) is 0 Å². The van der Waals surface area contributed by atoms with Gasteiger partial charge in [0.25, 0.3) is 0 Å². The van der Waals surface area contributed by atoms with E-state index in [4.69, 9.17) is 10.5 Å². The number of guanidine groups is 1. The summed E-state index contributed by atoms with van der Waals surface area (Å²) >= 11 is 0. The Labute approximate surface area is 104 Å². The number of rotatable bonds is 3. The molecule has 17 heavy (non-hydrogen) atoms. The van der Waals surface area contributed by atoms with Gasteiger partial charge < -0.3 is 15.4 Å². The average Bonchev–Trinajstić information content (AvgIpc) is 2.41. The molecule has 0 aromatic carbocycles. The largest absolute Gasteiger partial charge is 0.378 e. The number of aliphatic imine (C=N–C) groups is 1. The minimum absolute atomic E-state index is 0.712. The second-order valence-electron chi connectivity index (χ2n) is 5.13. The summed E-state index contributed by atoms with van der Waals surface area (Å²) in [7, 11) is 0. The zero-order chi connectivity index (χ0) is 11.9. The molecular weight excluding hydrogens is 214 g/mol. The average molecular weight is 239 g/mol. The lowest BCUT2D eigenvalue weighted by molar-refractivity contribution is 0.0674. The molecule has 0 radical (unpaired) electrons. The summed E-state index contributed by atoms with van der Waals surface area (Å²) in [6.07, 6.45) is 8.25. The van der Waals surface area contributed by atoms with Gasteiger partial charge in [0.2, 0.25) is 0 Å². The van der Waals surface area contributed by atoms with Crippen molar-refractivity contribution in [2.24, 2.45) is 16.6 Å². The Morgan fingerprint density at radius 1 is 1.18 bits per heavy atom. The minimum Gasteiger partial charge on any atom is -0.378 e. The molecule has 0 aromatic rings. The topological polar surface area (TPSA) is 50.8 Å². The van der Waals surface area contributed by atoms with Crippen molar-refractivity contribution in [3.8, 4) is 0 Å². The third-order valence-corrected chi connectivity index (χ3v) is 3.87. The number of hydrogen-bond acceptors (Lipinski definition) is 2. The molecule has 0 unspecified atom stereocenters. The number of morpholine rings is 1. The van der Waals surface area contributed by atoms with E-state index in [2.05, 4.69) is 9.89 Å². The normalized spacial score (nSPS) is 24.0. The monoisotopic (exact) mass is 239 g/mol. The molecule has 0 amide bonds. The first-order valence-electron chi connectivity index (χ1n) is 6.99. The van der Waals surface area contributed by atoms with Crippen molar-refractivity contribution in [1.82, 2.24) is 4.90 Å². The maximum Gasteiger partial charge on any atom is 0.191 e. The standard InChI is InChI=1S/C13H25N3O/c14-13(16-8-10-17-11-9-16)15-7-6-12-4-2-1-3-5-12/h12H,1-11H2,(H2,14,15). The molecule has 2 N–H and O–H groups in total. The lowest BCUT2D eigenvalue weighted by Crippen LogP contribution is -2.44. The maximum atomic E-state index is 5.98. The van der Waals surface area contributed by atoms with Crippen LogP contribution in [-0.2, 0) is 4.74 Å². The van der Waals surface area contributed by atoms with Crippen molar-refractivity contribution in [3.05, 3.63) is 0 Å². The van der Waals surface area contributed by atoms with Crippen LogP contribution in [0.3, 0.4) is 0 Å². The van der Waals surface area contributed by atoms with Crippen LogP contribution < -0.4 is 5.73 Å². The van der Waals surface area contributed by atoms with Crippen LogP contribution in [0.4, 0.5) is 0 Å². The van der Waals surface area contributed by atoms with Crippen molar-refractivity contribution < 1.29 is 4.74 Å². The number of nitrogens with two attached hydrogens (primary N) is 1. The predicted octanol–water partition coefficient (Wildman–Crippen LogP) is 1.60. The number of nitrogens with zero attached hydrogens (tertiary/aromatic N) is 2. The molecule has 0 bridgehead atoms. The first kappa shape index (κ1) is 12.7. The van der Waals surface area contributed by atoms with Crippen molar-refractivity contribution >= 4 is 5.96 Å². The molecule has 2 rings (SSSR count). The van der Waals surface area contributed by atoms with Crippen LogP contribution in [0.15, 0.2) is 4.99 Å². The zero-order valence-electron chi connectivity index (χ0n) is 10.7. The van der Waals surface area contributed by atoms with Gasteiger partial charge in [-0.05, 0) is 12.3 Å². The van der Waals surface area contributed by atoms with Crippen molar-refractivity contribution in [2.45, 2.75) is 38.5 Å². The van der Waals surface area contributed by atoms with Crippen LogP contribution in [0.5, 0.6) is 0 Å². The predicted molar refractivity (Wildman–Crippen MR) is 70.1 cm³/mol. The molecule has 4 nitrogen and oxygen atoms in total. The second kappa shape index (κ2) is 6.84. The van der Waals surface area contributed by atoms with Gasteiger partial charge in [0.05, 0.1) is 13.2 Å². The van der Waals surface area contributed by atoms with E-state index in [1.807, 2.05) is 0 Å². The molecule has 0 atom stereocenters. The molecule has 4 heteroatoms. The number of hydrogen-bond donors (Lipinski definition) is 1. The fourth-order valence-electron chi connectivity index (χ4n) is 2.73. The Balaban J connectivity index is 1.67. The molecule has 0 aromatic heterocycles. The van der Waals surface area contributed by atoms with Crippen LogP contribution in [-0.4, -0.2) is 43.7 Å². The highest BCUT2D eigenvalue weighted by atomic mass is 16.5. The van der Waals surface area contributed by atoms with Gasteiger partial charge in [0.1, 0.15) is 0 Å². The Hall–Kier alpha value is -0.770. The van der Waals surface area contributed by atoms with Crippen molar-refractivity contribution in [1.29, 1.82) is 0 Å². The summed E-state index contributed by atoms with van der Waals surface area (Å²) in [4.78, 5) is 6.64. The third-order valence-electron chi connectivity index (χ3n) is 3.87. The van der Waals surface area contributed by atoms with Gasteiger partial charge in [0.15, 0.2) is 5.96 Å². The molecule has 1 aliphatic heterocycles. The van der Waals surface area contributed by atoms with Crippen LogP contribution in [0, 0.1) is 5.92 Å². The summed E-state index contributed by atoms with van der Waals surface area (Å²) < 4.78 is 5.30. The fraction of sp³-hybridized carbons (Fsp3) is 0.923. The Bertz CT molecular complexity index is 243. The highest BCUT2D eigenvalue weighted by Crippen LogP contribution is 2.26. The van der Waals surface area contributed by atoms with Crippen LogP contribution in [0.1, 0.15) is 38.5 Å². The van der Waals surface area contributed by atoms with Gasteiger partial charge in [-0.2, -0.15) is 0 Å². The molecular formula is C13H25N3O. The summed E-state index contributed by atoms with van der Waals surface area (Å²) in [6.45, 7) is 4.23. The molecule has 1 heterocycles. The van der Waals surface area contributed by atoms with Crippen LogP contribution in [0.25, 0.3) is 0 Å². The third kappa shape index (κ3) is 4.19. The summed E-state index contributed by atoms with van der Waals surface area (Å²) in [5, 5.41) is 0. The van der Waals surface area contributed by atoms with Gasteiger partial charge in [-0.1, -0.05) is 32.1 Å². The summed E-state index contributed by atoms with van der Waals surface area (Å²) in [5.41, 5.74) is 5.98. The van der Waals surface area contributed by atoms with E-state index in [1.54, 1.807) is 0 Å². The highest BCUT2D eigenvalue weighted by Gasteiger charge is 2.14. The minimum atomic E-state index is 0.712. The Morgan fingerprint density at radius 2 is 1.88 bits per heavy atom. The van der Waals surface area contributed by atoms with E-state index >= 15 is 0 Å². The first-order valence-corrected chi connectivity index (χ1v) is 6.99. The Kier molecular flexibility index (Phi) is 5.10. The molecule has 98 valence electrons. The zero-order valence-corrected chi connectivity index (χ0v) is 10.7. The summed E-state index contributed by atoms with van der Waals surface area (Å²) in [6, 6.07) is 0. The van der Waals surface area contributed by atoms with Gasteiger partial charge in [0, 0.05) is 19.6 Å². The van der Waals surface area contributed by atoms with E-state index in [-0.39, 0.29) is 0 Å². The van der Waals surface area contributed by atoms with E-state index in [9.17, 15) is 0 Å². The molecule has 1 aliphatic carbocycles. The van der Waals surface area contributed by atoms with Gasteiger partial charge in [-0.3, -0.25) is 4.99 Å². The smallest absolute Gasteiger partial charge is 0.191 e. The highest BCUT2D eigenvalue weighted by molar-refractivity contribution is 5.78. The summed E-state index contributed by atoms with van der Waals surface area (Å²) in [5.74, 6) is 1.61. The van der Waals surface area contributed by atoms with Crippen LogP contribution in [0.2, 0.25) is 0 Å². The lowest BCUT2D eigenvalue weighted by Gasteiger charge is -2.27. The molecule has 0 spiro atoms. The lowest BCUT2D eigenvalue weighted by atomic mass is 9.87. The molecule has 1 saturated heterocycles. The quantitative estimate of drug-likeness (QED) is 0.601. The fourth-order valence-corrected chi connectivity index (χ4v) is 2.73. The van der Waals surface area contributed by atoms with Crippen LogP contribution >= 0.6 is 0 Å². The van der Waals surface area contributed by atoms with E-state index in [0.29, 0.717) is 5.96 Å². The van der Waals surface area contributed by atoms with E-state index in [0.717, 1.165) is 38.8 Å². The first-order chi connectivity index (χ1) is 8.36. The SMILES string of the molecule is NC(=NCCC1CCCCC1)N1CCOCC1. The van der Waals surface area contributed by atoms with Gasteiger partial charge in [-0.25, -0.2) is 0 Å². The molecule has 2 fully saturated rings. The maximum absolute atomic E-state index is 5.98. The van der Waals surface area contributed by atoms with E-state index in [1.165, 1.54) is 38.5 Å². The number of ether oxygens (including phenoxy) is 1. The Morgan fingerprint density at radius 3 is 2.59 bits per heavy atom. The van der Waals surface area contributed by atoms with E-state index < -0.39 is 0 Å². The second-order valence-corrected chi connectivity index (χ2v) is 5.13. The van der Waals surface area contributed by atoms with Crippen molar-refractivity contribution in [3.63, 3.8) is 0 Å².